The van der Waals surface area contributed by atoms with Crippen LogP contribution in [0.1, 0.15) is 37.0 Å². The summed E-state index contributed by atoms with van der Waals surface area (Å²) in [5.41, 5.74) is 2.00. The molecule has 2 aromatic rings. The molecule has 3 rings (SSSR count). The molecule has 2 amide bonds. The van der Waals surface area contributed by atoms with Crippen LogP contribution in [0.15, 0.2) is 42.5 Å². The van der Waals surface area contributed by atoms with Crippen molar-refractivity contribution in [2.45, 2.75) is 51.7 Å². The Balaban J connectivity index is 1.65. The third-order valence-electron chi connectivity index (χ3n) is 6.24. The minimum atomic E-state index is -1.31. The largest absolute Gasteiger partial charge is 0.494 e. The lowest BCUT2D eigenvalue weighted by Gasteiger charge is -2.35. The van der Waals surface area contributed by atoms with Crippen LogP contribution in [0.5, 0.6) is 11.5 Å². The monoisotopic (exact) mass is 440 g/mol. The molecule has 0 aromatic heterocycles. The van der Waals surface area contributed by atoms with Crippen LogP contribution in [-0.4, -0.2) is 53.3 Å². The molecule has 1 saturated heterocycles. The van der Waals surface area contributed by atoms with Gasteiger partial charge in [0.25, 0.3) is 0 Å². The number of carboxylic acids is 1. The second kappa shape index (κ2) is 9.10. The van der Waals surface area contributed by atoms with Gasteiger partial charge in [-0.1, -0.05) is 18.2 Å². The second-order valence-electron chi connectivity index (χ2n) is 9.02. The molecule has 0 bridgehead atoms. The number of nitrogens with zero attached hydrogens (tertiary/aromatic N) is 1. The van der Waals surface area contributed by atoms with Crippen molar-refractivity contribution in [3.05, 3.63) is 59.2 Å². The summed E-state index contributed by atoms with van der Waals surface area (Å²) < 4.78 is 11.5. The molecule has 32 heavy (non-hydrogen) atoms. The Morgan fingerprint density at radius 3 is 2.34 bits per heavy atom. The lowest BCUT2D eigenvalue weighted by molar-refractivity contribution is -0.152. The van der Waals surface area contributed by atoms with Crippen molar-refractivity contribution in [2.75, 3.05) is 20.2 Å². The SMILES string of the molecule is Cc1ccc(CC2(CCOc3ccc(OC(C)(C)C(=O)O)cc3)CNC(=O)N2C)cc1C. The highest BCUT2D eigenvalue weighted by atomic mass is 16.5. The quantitative estimate of drug-likeness (QED) is 0.616. The van der Waals surface area contributed by atoms with Gasteiger partial charge in [0.2, 0.25) is 0 Å². The molecule has 2 aromatic carbocycles. The highest BCUT2D eigenvalue weighted by Crippen LogP contribution is 2.29. The molecule has 7 heteroatoms. The van der Waals surface area contributed by atoms with Gasteiger partial charge in [0, 0.05) is 20.0 Å². The normalized spacial score (nSPS) is 18.4. The van der Waals surface area contributed by atoms with Crippen LogP contribution in [0.25, 0.3) is 0 Å². The van der Waals surface area contributed by atoms with Gasteiger partial charge in [-0.05, 0) is 75.1 Å². The van der Waals surface area contributed by atoms with E-state index >= 15 is 0 Å². The highest BCUT2D eigenvalue weighted by Gasteiger charge is 2.43. The van der Waals surface area contributed by atoms with Crippen LogP contribution in [0.2, 0.25) is 0 Å². The zero-order valence-corrected chi connectivity index (χ0v) is 19.4. The van der Waals surface area contributed by atoms with Gasteiger partial charge in [-0.25, -0.2) is 9.59 Å². The zero-order valence-electron chi connectivity index (χ0n) is 19.4. The van der Waals surface area contributed by atoms with Gasteiger partial charge in [-0.2, -0.15) is 0 Å². The summed E-state index contributed by atoms with van der Waals surface area (Å²) in [6, 6.07) is 13.3. The fourth-order valence-electron chi connectivity index (χ4n) is 3.81. The number of carbonyl (C=O) groups is 2. The van der Waals surface area contributed by atoms with Crippen molar-refractivity contribution in [2.24, 2.45) is 0 Å². The Hall–Kier alpha value is -3.22. The summed E-state index contributed by atoms with van der Waals surface area (Å²) in [6.45, 7) is 8.20. The van der Waals surface area contributed by atoms with Crippen molar-refractivity contribution < 1.29 is 24.2 Å². The van der Waals surface area contributed by atoms with Crippen LogP contribution >= 0.6 is 0 Å². The third-order valence-corrected chi connectivity index (χ3v) is 6.24. The molecule has 1 aliphatic heterocycles. The first kappa shape index (κ1) is 23.4. The summed E-state index contributed by atoms with van der Waals surface area (Å²) in [7, 11) is 1.83. The smallest absolute Gasteiger partial charge is 0.347 e. The Morgan fingerprint density at radius 2 is 1.78 bits per heavy atom. The number of carboxylic acid groups (broad SMARTS) is 1. The minimum absolute atomic E-state index is 0.0728. The molecule has 7 nitrogen and oxygen atoms in total. The number of ether oxygens (including phenoxy) is 2. The molecule has 1 fully saturated rings. The fraction of sp³-hybridized carbons (Fsp3) is 0.440. The van der Waals surface area contributed by atoms with E-state index in [2.05, 4.69) is 37.4 Å². The maximum atomic E-state index is 12.3. The predicted octanol–water partition coefficient (Wildman–Crippen LogP) is 3.95. The Morgan fingerprint density at radius 1 is 1.12 bits per heavy atom. The minimum Gasteiger partial charge on any atom is -0.494 e. The number of urea groups is 1. The molecule has 1 aliphatic rings. The first-order valence-corrected chi connectivity index (χ1v) is 10.8. The van der Waals surface area contributed by atoms with Gasteiger partial charge < -0.3 is 24.8 Å². The number of nitrogens with one attached hydrogen (secondary N) is 1. The van der Waals surface area contributed by atoms with E-state index in [1.54, 1.807) is 29.2 Å². The van der Waals surface area contributed by atoms with Crippen molar-refractivity contribution >= 4 is 12.0 Å². The van der Waals surface area contributed by atoms with Crippen molar-refractivity contribution in [1.29, 1.82) is 0 Å². The van der Waals surface area contributed by atoms with Gasteiger partial charge in [-0.3, -0.25) is 0 Å². The van der Waals surface area contributed by atoms with Gasteiger partial charge in [0.1, 0.15) is 11.5 Å². The Bertz CT molecular complexity index is 986. The van der Waals surface area contributed by atoms with Crippen molar-refractivity contribution in [1.82, 2.24) is 10.2 Å². The molecule has 0 spiro atoms. The summed E-state index contributed by atoms with van der Waals surface area (Å²) >= 11 is 0. The second-order valence-corrected chi connectivity index (χ2v) is 9.02. The maximum Gasteiger partial charge on any atom is 0.347 e. The van der Waals surface area contributed by atoms with Gasteiger partial charge in [0.05, 0.1) is 12.1 Å². The van der Waals surface area contributed by atoms with Gasteiger partial charge in [0.15, 0.2) is 5.60 Å². The molecular formula is C25H32N2O5. The number of aliphatic carboxylic acids is 1. The van der Waals surface area contributed by atoms with E-state index in [0.717, 1.165) is 6.42 Å². The molecular weight excluding hydrogens is 408 g/mol. The molecule has 1 atom stereocenters. The van der Waals surface area contributed by atoms with Gasteiger partial charge in [-0.15, -0.1) is 0 Å². The number of likely N-dealkylation sites (N-methyl/N-ethyl adjacent to an activating group) is 1. The number of carbonyl (C=O) groups excluding carboxylic acids is 1. The summed E-state index contributed by atoms with van der Waals surface area (Å²) in [4.78, 5) is 25.3. The number of amides is 2. The molecule has 172 valence electrons. The van der Waals surface area contributed by atoms with E-state index in [1.165, 1.54) is 30.5 Å². The van der Waals surface area contributed by atoms with Crippen LogP contribution in [0.4, 0.5) is 4.79 Å². The van der Waals surface area contributed by atoms with E-state index in [-0.39, 0.29) is 11.6 Å². The number of benzene rings is 2. The van der Waals surface area contributed by atoms with E-state index < -0.39 is 11.6 Å². The standard InChI is InChI=1S/C25H32N2O5/c1-17-6-7-19(14-18(17)2)15-25(16-26-23(30)27(25)5)12-13-31-20-8-10-21(11-9-20)32-24(3,4)22(28)29/h6-11,14H,12-13,15-16H2,1-5H3,(H,26,30)(H,28,29). The number of hydrogen-bond donors (Lipinski definition) is 2. The Labute approximate surface area is 189 Å². The molecule has 0 radical (unpaired) electrons. The predicted molar refractivity (Wildman–Crippen MR) is 122 cm³/mol. The summed E-state index contributed by atoms with van der Waals surface area (Å²) in [5.74, 6) is 0.0868. The van der Waals surface area contributed by atoms with Gasteiger partial charge >= 0.3 is 12.0 Å². The number of rotatable bonds is 9. The molecule has 2 N–H and O–H groups in total. The fourth-order valence-corrected chi connectivity index (χ4v) is 3.81. The van der Waals surface area contributed by atoms with Crippen molar-refractivity contribution in [3.63, 3.8) is 0 Å². The number of hydrogen-bond acceptors (Lipinski definition) is 4. The van der Waals surface area contributed by atoms with Crippen LogP contribution in [-0.2, 0) is 11.2 Å². The van der Waals surface area contributed by atoms with Crippen LogP contribution < -0.4 is 14.8 Å². The average molecular weight is 441 g/mol. The highest BCUT2D eigenvalue weighted by molar-refractivity contribution is 5.78. The summed E-state index contributed by atoms with van der Waals surface area (Å²) in [5, 5.41) is 12.2. The molecule has 0 aliphatic carbocycles. The van der Waals surface area contributed by atoms with E-state index in [9.17, 15) is 14.7 Å². The topological polar surface area (TPSA) is 88.1 Å². The first-order valence-electron chi connectivity index (χ1n) is 10.8. The van der Waals surface area contributed by atoms with Crippen LogP contribution in [0.3, 0.4) is 0 Å². The number of aryl methyl sites for hydroxylation is 2. The lowest BCUT2D eigenvalue weighted by Crippen LogP contribution is -2.48. The first-order chi connectivity index (χ1) is 15.0. The lowest BCUT2D eigenvalue weighted by atomic mass is 9.86. The van der Waals surface area contributed by atoms with E-state index in [4.69, 9.17) is 9.47 Å². The van der Waals surface area contributed by atoms with Crippen LogP contribution in [0, 0.1) is 13.8 Å². The zero-order chi connectivity index (χ0) is 23.5. The molecule has 0 saturated carbocycles. The Kier molecular flexibility index (Phi) is 6.67. The summed E-state index contributed by atoms with van der Waals surface area (Å²) in [6.07, 6.45) is 1.41. The average Bonchev–Trinajstić information content (AvgIpc) is 3.00. The molecule has 1 unspecified atom stereocenters. The maximum absolute atomic E-state index is 12.3. The molecule has 1 heterocycles. The third kappa shape index (κ3) is 5.15. The van der Waals surface area contributed by atoms with E-state index in [1.807, 2.05) is 7.05 Å². The van der Waals surface area contributed by atoms with E-state index in [0.29, 0.717) is 31.1 Å². The van der Waals surface area contributed by atoms with Crippen molar-refractivity contribution in [3.8, 4) is 11.5 Å².